The normalized spacial score (nSPS) is 16.9. The van der Waals surface area contributed by atoms with E-state index in [9.17, 15) is 4.79 Å². The lowest BCUT2D eigenvalue weighted by molar-refractivity contribution is 0.0933. The number of methoxy groups -OCH3 is 1. The fourth-order valence-corrected chi connectivity index (χ4v) is 2.84. The molecule has 1 atom stereocenters. The molecule has 2 aromatic carbocycles. The monoisotopic (exact) mass is 281 g/mol. The molecule has 1 aliphatic carbocycles. The van der Waals surface area contributed by atoms with Gasteiger partial charge >= 0.3 is 0 Å². The molecule has 1 aliphatic rings. The summed E-state index contributed by atoms with van der Waals surface area (Å²) >= 11 is 0. The van der Waals surface area contributed by atoms with Crippen molar-refractivity contribution in [2.45, 2.75) is 25.3 Å². The molecule has 0 saturated heterocycles. The van der Waals surface area contributed by atoms with Crippen molar-refractivity contribution in [1.82, 2.24) is 5.32 Å². The molecule has 0 aliphatic heterocycles. The van der Waals surface area contributed by atoms with Crippen LogP contribution in [0.2, 0.25) is 0 Å². The van der Waals surface area contributed by atoms with E-state index in [1.54, 1.807) is 7.11 Å². The Kier molecular flexibility index (Phi) is 3.91. The van der Waals surface area contributed by atoms with Gasteiger partial charge in [-0.25, -0.2) is 0 Å². The molecule has 3 nitrogen and oxygen atoms in total. The van der Waals surface area contributed by atoms with Crippen LogP contribution in [0, 0.1) is 0 Å². The molecule has 0 unspecified atom stereocenters. The Morgan fingerprint density at radius 2 is 1.95 bits per heavy atom. The Balaban J connectivity index is 1.70. The highest BCUT2D eigenvalue weighted by molar-refractivity contribution is 5.94. The molecule has 108 valence electrons. The molecule has 0 bridgehead atoms. The van der Waals surface area contributed by atoms with Crippen LogP contribution in [-0.2, 0) is 12.8 Å². The molecule has 3 heteroatoms. The second kappa shape index (κ2) is 6.00. The predicted molar refractivity (Wildman–Crippen MR) is 82.7 cm³/mol. The first-order chi connectivity index (χ1) is 10.3. The molecule has 0 fully saturated rings. The lowest BCUT2D eigenvalue weighted by Crippen LogP contribution is -2.38. The Morgan fingerprint density at radius 1 is 1.14 bits per heavy atom. The van der Waals surface area contributed by atoms with E-state index in [2.05, 4.69) is 17.4 Å². The van der Waals surface area contributed by atoms with Gasteiger partial charge in [0.05, 0.1) is 7.11 Å². The van der Waals surface area contributed by atoms with Crippen LogP contribution in [0.5, 0.6) is 5.75 Å². The summed E-state index contributed by atoms with van der Waals surface area (Å²) in [6, 6.07) is 15.8. The summed E-state index contributed by atoms with van der Waals surface area (Å²) in [6.07, 6.45) is 2.85. The van der Waals surface area contributed by atoms with Crippen molar-refractivity contribution in [3.8, 4) is 5.75 Å². The van der Waals surface area contributed by atoms with Crippen LogP contribution in [0.25, 0.3) is 0 Å². The van der Waals surface area contributed by atoms with Gasteiger partial charge in [0, 0.05) is 11.6 Å². The largest absolute Gasteiger partial charge is 0.497 e. The van der Waals surface area contributed by atoms with Crippen molar-refractivity contribution in [2.24, 2.45) is 0 Å². The minimum Gasteiger partial charge on any atom is -0.497 e. The summed E-state index contributed by atoms with van der Waals surface area (Å²) in [5, 5.41) is 3.13. The first-order valence-corrected chi connectivity index (χ1v) is 7.28. The molecule has 0 aromatic heterocycles. The maximum absolute atomic E-state index is 12.2. The average Bonchev–Trinajstić information content (AvgIpc) is 2.55. The fourth-order valence-electron chi connectivity index (χ4n) is 2.84. The Bertz CT molecular complexity index is 637. The van der Waals surface area contributed by atoms with Crippen LogP contribution in [-0.4, -0.2) is 19.1 Å². The van der Waals surface area contributed by atoms with Crippen LogP contribution in [0.15, 0.2) is 48.5 Å². The number of rotatable bonds is 3. The van der Waals surface area contributed by atoms with Crippen molar-refractivity contribution in [3.05, 3.63) is 65.2 Å². The van der Waals surface area contributed by atoms with Crippen molar-refractivity contribution in [3.63, 3.8) is 0 Å². The third kappa shape index (κ3) is 3.07. The van der Waals surface area contributed by atoms with Crippen LogP contribution < -0.4 is 10.1 Å². The average molecular weight is 281 g/mol. The zero-order valence-corrected chi connectivity index (χ0v) is 12.1. The Hall–Kier alpha value is -2.29. The highest BCUT2D eigenvalue weighted by atomic mass is 16.5. The number of hydrogen-bond donors (Lipinski definition) is 1. The zero-order chi connectivity index (χ0) is 14.7. The quantitative estimate of drug-likeness (QED) is 0.939. The second-order valence-corrected chi connectivity index (χ2v) is 5.41. The first kappa shape index (κ1) is 13.7. The molecule has 3 rings (SSSR count). The summed E-state index contributed by atoms with van der Waals surface area (Å²) < 4.78 is 5.28. The second-order valence-electron chi connectivity index (χ2n) is 5.41. The Morgan fingerprint density at radius 3 is 2.71 bits per heavy atom. The highest BCUT2D eigenvalue weighted by Gasteiger charge is 2.21. The van der Waals surface area contributed by atoms with E-state index in [-0.39, 0.29) is 11.9 Å². The maximum Gasteiger partial charge on any atom is 0.251 e. The molecule has 0 heterocycles. The summed E-state index contributed by atoms with van der Waals surface area (Å²) in [6.45, 7) is 0. The smallest absolute Gasteiger partial charge is 0.251 e. The van der Waals surface area contributed by atoms with Crippen LogP contribution in [0.4, 0.5) is 0 Å². The Labute approximate surface area is 124 Å². The van der Waals surface area contributed by atoms with Gasteiger partial charge in [0.15, 0.2) is 0 Å². The van der Waals surface area contributed by atoms with E-state index in [0.717, 1.165) is 25.0 Å². The van der Waals surface area contributed by atoms with Gasteiger partial charge in [-0.1, -0.05) is 24.3 Å². The third-order valence-electron chi connectivity index (χ3n) is 4.01. The van der Waals surface area contributed by atoms with E-state index in [0.29, 0.717) is 5.56 Å². The van der Waals surface area contributed by atoms with Crippen LogP contribution in [0.1, 0.15) is 27.9 Å². The van der Waals surface area contributed by atoms with Gasteiger partial charge in [0.25, 0.3) is 5.91 Å². The lowest BCUT2D eigenvalue weighted by atomic mass is 9.88. The molecule has 21 heavy (non-hydrogen) atoms. The van der Waals surface area contributed by atoms with Gasteiger partial charge in [0.1, 0.15) is 5.75 Å². The molecular formula is C18H19NO2. The summed E-state index contributed by atoms with van der Waals surface area (Å²) in [4.78, 5) is 12.2. The van der Waals surface area contributed by atoms with E-state index >= 15 is 0 Å². The summed E-state index contributed by atoms with van der Waals surface area (Å²) in [7, 11) is 1.68. The van der Waals surface area contributed by atoms with Gasteiger partial charge in [-0.3, -0.25) is 4.79 Å². The van der Waals surface area contributed by atoms with Gasteiger partial charge in [-0.05, 0) is 54.7 Å². The van der Waals surface area contributed by atoms with Crippen LogP contribution >= 0.6 is 0 Å². The van der Waals surface area contributed by atoms with Crippen molar-refractivity contribution >= 4 is 5.91 Å². The lowest BCUT2D eigenvalue weighted by Gasteiger charge is -2.26. The topological polar surface area (TPSA) is 38.3 Å². The van der Waals surface area contributed by atoms with E-state index < -0.39 is 0 Å². The minimum atomic E-state index is 0.00643. The number of amides is 1. The van der Waals surface area contributed by atoms with Crippen molar-refractivity contribution < 1.29 is 9.53 Å². The number of fused-ring (bicyclic) bond motifs is 1. The number of nitrogens with one attached hydrogen (secondary N) is 1. The van der Waals surface area contributed by atoms with Gasteiger partial charge in [-0.15, -0.1) is 0 Å². The summed E-state index contributed by atoms with van der Waals surface area (Å²) in [5.41, 5.74) is 3.36. The number of benzene rings is 2. The molecule has 2 aromatic rings. The number of carbonyl (C=O) groups excluding carboxylic acids is 1. The molecule has 1 N–H and O–H groups in total. The van der Waals surface area contributed by atoms with Gasteiger partial charge in [0.2, 0.25) is 0 Å². The van der Waals surface area contributed by atoms with Crippen LogP contribution in [0.3, 0.4) is 0 Å². The maximum atomic E-state index is 12.2. The van der Waals surface area contributed by atoms with Gasteiger partial charge in [-0.2, -0.15) is 0 Å². The molecular weight excluding hydrogens is 262 g/mol. The number of ether oxygens (including phenoxy) is 1. The standard InChI is InChI=1S/C18H19NO2/c1-21-17-10-8-13-7-9-16(11-15(13)12-17)19-18(20)14-5-3-2-4-6-14/h2-6,8,10,12,16H,7,9,11H2,1H3,(H,19,20)/t16-/m0/s1. The SMILES string of the molecule is COc1ccc2c(c1)C[C@@H](NC(=O)c1ccccc1)CC2. The van der Waals surface area contributed by atoms with Crippen molar-refractivity contribution in [1.29, 1.82) is 0 Å². The predicted octanol–water partition coefficient (Wildman–Crippen LogP) is 2.98. The molecule has 0 radical (unpaired) electrons. The number of aryl methyl sites for hydroxylation is 1. The third-order valence-corrected chi connectivity index (χ3v) is 4.01. The zero-order valence-electron chi connectivity index (χ0n) is 12.1. The molecule has 0 saturated carbocycles. The number of hydrogen-bond acceptors (Lipinski definition) is 2. The summed E-state index contributed by atoms with van der Waals surface area (Å²) in [5.74, 6) is 0.885. The molecule has 1 amide bonds. The minimum absolute atomic E-state index is 0.00643. The number of carbonyl (C=O) groups is 1. The fraction of sp³-hybridized carbons (Fsp3) is 0.278. The van der Waals surface area contributed by atoms with E-state index in [4.69, 9.17) is 4.74 Å². The van der Waals surface area contributed by atoms with E-state index in [1.807, 2.05) is 36.4 Å². The van der Waals surface area contributed by atoms with E-state index in [1.165, 1.54) is 11.1 Å². The first-order valence-electron chi connectivity index (χ1n) is 7.28. The van der Waals surface area contributed by atoms with Crippen molar-refractivity contribution in [2.75, 3.05) is 7.11 Å². The van der Waals surface area contributed by atoms with Gasteiger partial charge < -0.3 is 10.1 Å². The molecule has 0 spiro atoms. The highest BCUT2D eigenvalue weighted by Crippen LogP contribution is 2.25.